The molecular formula is C30H27FN4O3. The fraction of sp³-hybridized carbons (Fsp3) is 0.233. The molecule has 2 aliphatic heterocycles. The maximum absolute atomic E-state index is 14.1. The van der Waals surface area contributed by atoms with Crippen LogP contribution in [-0.2, 0) is 11.2 Å². The number of aromatic nitrogens is 1. The molecule has 4 aromatic rings. The molecule has 2 N–H and O–H groups in total. The molecule has 1 saturated heterocycles. The van der Waals surface area contributed by atoms with Crippen LogP contribution in [0.25, 0.3) is 10.9 Å². The van der Waals surface area contributed by atoms with E-state index < -0.39 is 18.1 Å². The summed E-state index contributed by atoms with van der Waals surface area (Å²) in [6, 6.07) is 18.5. The quantitative estimate of drug-likeness (QED) is 0.357. The van der Waals surface area contributed by atoms with Crippen LogP contribution in [0.15, 0.2) is 72.8 Å². The minimum Gasteiger partial charge on any atom is -0.356 e. The molecule has 3 aromatic carbocycles. The first-order valence-corrected chi connectivity index (χ1v) is 12.8. The Morgan fingerprint density at radius 1 is 1.05 bits per heavy atom. The summed E-state index contributed by atoms with van der Waals surface area (Å²) in [5, 5.41) is 3.92. The van der Waals surface area contributed by atoms with Gasteiger partial charge in [-0.3, -0.25) is 14.5 Å². The number of halogens is 1. The summed E-state index contributed by atoms with van der Waals surface area (Å²) >= 11 is 0. The summed E-state index contributed by atoms with van der Waals surface area (Å²) in [6.07, 6.45) is 1.08. The van der Waals surface area contributed by atoms with Crippen LogP contribution >= 0.6 is 0 Å². The van der Waals surface area contributed by atoms with E-state index in [2.05, 4.69) is 10.3 Å². The van der Waals surface area contributed by atoms with E-state index in [1.54, 1.807) is 41.3 Å². The van der Waals surface area contributed by atoms with Gasteiger partial charge in [0.1, 0.15) is 17.9 Å². The first-order valence-electron chi connectivity index (χ1n) is 12.8. The van der Waals surface area contributed by atoms with Gasteiger partial charge in [0.05, 0.1) is 11.3 Å². The van der Waals surface area contributed by atoms with E-state index in [9.17, 15) is 18.8 Å². The molecule has 8 heteroatoms. The summed E-state index contributed by atoms with van der Waals surface area (Å²) in [4.78, 5) is 47.3. The second kappa shape index (κ2) is 9.13. The lowest BCUT2D eigenvalue weighted by Crippen LogP contribution is -2.44. The second-order valence-electron chi connectivity index (χ2n) is 9.90. The third-order valence-corrected chi connectivity index (χ3v) is 7.61. The van der Waals surface area contributed by atoms with E-state index in [1.165, 1.54) is 12.1 Å². The van der Waals surface area contributed by atoms with Gasteiger partial charge >= 0.3 is 6.03 Å². The molecule has 38 heavy (non-hydrogen) atoms. The largest absolute Gasteiger partial charge is 0.356 e. The highest BCUT2D eigenvalue weighted by molar-refractivity contribution is 6.24. The molecule has 4 amide bonds. The van der Waals surface area contributed by atoms with Gasteiger partial charge in [-0.1, -0.05) is 49.4 Å². The molecule has 0 aliphatic carbocycles. The standard InChI is InChI=1S/C30H27FN4O3/c1-3-17(2)32-28(36)21-9-5-7-11-24(21)35-29(37)25-16-22-20-8-4-6-10-23(20)33-26(22)27(34(25)30(35)38)18-12-14-19(31)15-13-18/h4-15,17,25,27,33H,3,16H2,1-2H3,(H,32,36)/t17-,25+,27-/m1/s1. The number of rotatable bonds is 5. The van der Waals surface area contributed by atoms with E-state index in [-0.39, 0.29) is 34.9 Å². The predicted octanol–water partition coefficient (Wildman–Crippen LogP) is 5.32. The molecule has 192 valence electrons. The van der Waals surface area contributed by atoms with E-state index in [4.69, 9.17) is 0 Å². The Labute approximate surface area is 219 Å². The highest BCUT2D eigenvalue weighted by Gasteiger charge is 2.53. The number of nitrogens with one attached hydrogen (secondary N) is 2. The second-order valence-corrected chi connectivity index (χ2v) is 9.90. The third kappa shape index (κ3) is 3.67. The summed E-state index contributed by atoms with van der Waals surface area (Å²) in [7, 11) is 0. The highest BCUT2D eigenvalue weighted by atomic mass is 19.1. The number of para-hydroxylation sites is 2. The number of imide groups is 1. The van der Waals surface area contributed by atoms with Crippen LogP contribution in [0.4, 0.5) is 14.9 Å². The van der Waals surface area contributed by atoms with Crippen molar-refractivity contribution >= 4 is 34.4 Å². The summed E-state index contributed by atoms with van der Waals surface area (Å²) < 4.78 is 13.9. The van der Waals surface area contributed by atoms with Gasteiger partial charge in [-0.15, -0.1) is 0 Å². The summed E-state index contributed by atoms with van der Waals surface area (Å²) in [5.41, 5.74) is 3.88. The van der Waals surface area contributed by atoms with E-state index in [0.29, 0.717) is 12.0 Å². The molecule has 0 spiro atoms. The average Bonchev–Trinajstić information content (AvgIpc) is 3.42. The van der Waals surface area contributed by atoms with Crippen molar-refractivity contribution < 1.29 is 18.8 Å². The number of aromatic amines is 1. The van der Waals surface area contributed by atoms with Gasteiger partial charge < -0.3 is 10.3 Å². The van der Waals surface area contributed by atoms with Gasteiger partial charge in [0.2, 0.25) is 0 Å². The number of amides is 4. The Morgan fingerprint density at radius 2 is 1.76 bits per heavy atom. The lowest BCUT2D eigenvalue weighted by Gasteiger charge is -2.36. The number of benzene rings is 3. The smallest absolute Gasteiger partial charge is 0.332 e. The molecule has 2 aliphatic rings. The Hall–Kier alpha value is -4.46. The van der Waals surface area contributed by atoms with Crippen LogP contribution in [0.1, 0.15) is 53.5 Å². The molecule has 0 saturated carbocycles. The lowest BCUT2D eigenvalue weighted by atomic mass is 9.89. The molecule has 3 atom stereocenters. The Balaban J connectivity index is 1.48. The topological polar surface area (TPSA) is 85.5 Å². The van der Waals surface area contributed by atoms with Crippen molar-refractivity contribution in [2.24, 2.45) is 0 Å². The lowest BCUT2D eigenvalue weighted by molar-refractivity contribution is -0.120. The summed E-state index contributed by atoms with van der Waals surface area (Å²) in [5.74, 6) is -1.11. The van der Waals surface area contributed by atoms with Crippen molar-refractivity contribution in [1.29, 1.82) is 0 Å². The van der Waals surface area contributed by atoms with Crippen LogP contribution in [0.5, 0.6) is 0 Å². The number of fused-ring (bicyclic) bond motifs is 4. The van der Waals surface area contributed by atoms with Gasteiger partial charge in [-0.25, -0.2) is 14.1 Å². The minimum absolute atomic E-state index is 0.0620. The number of urea groups is 1. The zero-order valence-corrected chi connectivity index (χ0v) is 21.1. The fourth-order valence-corrected chi connectivity index (χ4v) is 5.55. The van der Waals surface area contributed by atoms with Gasteiger partial charge in [0.25, 0.3) is 11.8 Å². The van der Waals surface area contributed by atoms with E-state index in [0.717, 1.165) is 33.5 Å². The Bertz CT molecular complexity index is 1580. The predicted molar refractivity (Wildman–Crippen MR) is 142 cm³/mol. The zero-order chi connectivity index (χ0) is 26.6. The molecule has 0 bridgehead atoms. The van der Waals surface area contributed by atoms with Crippen LogP contribution in [0, 0.1) is 5.82 Å². The van der Waals surface area contributed by atoms with Crippen LogP contribution in [-0.4, -0.2) is 39.8 Å². The number of H-pyrrole nitrogens is 1. The van der Waals surface area contributed by atoms with Crippen molar-refractivity contribution in [1.82, 2.24) is 15.2 Å². The average molecular weight is 511 g/mol. The molecule has 3 heterocycles. The van der Waals surface area contributed by atoms with Crippen LogP contribution in [0.3, 0.4) is 0 Å². The first-order chi connectivity index (χ1) is 18.4. The molecule has 7 nitrogen and oxygen atoms in total. The van der Waals surface area contributed by atoms with Gasteiger partial charge in [0, 0.05) is 29.1 Å². The Kier molecular flexibility index (Phi) is 5.75. The van der Waals surface area contributed by atoms with Crippen molar-refractivity contribution in [3.63, 3.8) is 0 Å². The zero-order valence-electron chi connectivity index (χ0n) is 21.1. The minimum atomic E-state index is -0.769. The van der Waals surface area contributed by atoms with Gasteiger partial charge in [-0.05, 0) is 54.8 Å². The number of carbonyl (C=O) groups excluding carboxylic acids is 3. The Morgan fingerprint density at radius 3 is 2.53 bits per heavy atom. The number of hydrogen-bond acceptors (Lipinski definition) is 3. The van der Waals surface area contributed by atoms with Crippen LogP contribution in [0.2, 0.25) is 0 Å². The van der Waals surface area contributed by atoms with Crippen molar-refractivity contribution in [2.45, 2.75) is 44.8 Å². The number of carbonyl (C=O) groups is 3. The molecule has 0 radical (unpaired) electrons. The molecule has 1 aromatic heterocycles. The monoisotopic (exact) mass is 510 g/mol. The fourth-order valence-electron chi connectivity index (χ4n) is 5.55. The van der Waals surface area contributed by atoms with Crippen LogP contribution < -0.4 is 10.2 Å². The number of anilines is 1. The van der Waals surface area contributed by atoms with E-state index in [1.807, 2.05) is 38.1 Å². The normalized spacial score (nSPS) is 19.4. The molecule has 1 fully saturated rings. The van der Waals surface area contributed by atoms with Gasteiger partial charge in [-0.2, -0.15) is 0 Å². The third-order valence-electron chi connectivity index (χ3n) is 7.61. The first kappa shape index (κ1) is 23.9. The van der Waals surface area contributed by atoms with Crippen molar-refractivity contribution in [2.75, 3.05) is 4.90 Å². The highest BCUT2D eigenvalue weighted by Crippen LogP contribution is 2.45. The van der Waals surface area contributed by atoms with Gasteiger partial charge in [0.15, 0.2) is 0 Å². The van der Waals surface area contributed by atoms with E-state index >= 15 is 0 Å². The molecular weight excluding hydrogens is 483 g/mol. The number of nitrogens with zero attached hydrogens (tertiary/aromatic N) is 2. The summed E-state index contributed by atoms with van der Waals surface area (Å²) in [6.45, 7) is 3.87. The maximum Gasteiger partial charge on any atom is 0.332 e. The van der Waals surface area contributed by atoms with Crippen molar-refractivity contribution in [3.8, 4) is 0 Å². The number of hydrogen-bond donors (Lipinski definition) is 2. The molecule has 6 rings (SSSR count). The maximum atomic E-state index is 14.1. The molecule has 0 unspecified atom stereocenters. The SMILES string of the molecule is CC[C@@H](C)NC(=O)c1ccccc1N1C(=O)[C@@H]2Cc3c([nH]c4ccccc34)[C@@H](c3ccc(F)cc3)N2C1=O. The van der Waals surface area contributed by atoms with Crippen molar-refractivity contribution in [3.05, 3.63) is 101 Å².